The van der Waals surface area contributed by atoms with Crippen molar-refractivity contribution >= 4 is 29.9 Å². The molecule has 3 atom stereocenters. The maximum atomic E-state index is 6.17. The summed E-state index contributed by atoms with van der Waals surface area (Å²) in [5, 5.41) is 3.52. The molecule has 164 valence electrons. The monoisotopic (exact) mass is 507 g/mol. The molecule has 0 bridgehead atoms. The molecule has 3 fully saturated rings. The fourth-order valence-corrected chi connectivity index (χ4v) is 4.71. The van der Waals surface area contributed by atoms with E-state index in [1.807, 2.05) is 0 Å². The minimum Gasteiger partial charge on any atom is -0.376 e. The lowest BCUT2D eigenvalue weighted by Crippen LogP contribution is -2.47. The largest absolute Gasteiger partial charge is 0.376 e. The number of likely N-dealkylation sites (tertiary alicyclic amines) is 1. The van der Waals surface area contributed by atoms with E-state index in [0.717, 1.165) is 76.5 Å². The standard InChI is InChI=1S/C22H41N3O2.HI/c1-3-23-22(24-16-19-9-5-4-8-18(19)2)25-13-11-20(12-14-25)27-17-21-10-6-7-15-26-21;/h18-21H,3-17H2,1-2H3,(H,23,24);1H. The molecule has 1 saturated carbocycles. The Morgan fingerprint density at radius 3 is 2.50 bits per heavy atom. The van der Waals surface area contributed by atoms with Gasteiger partial charge in [0.25, 0.3) is 0 Å². The van der Waals surface area contributed by atoms with Gasteiger partial charge in [-0.05, 0) is 57.3 Å². The molecular weight excluding hydrogens is 465 g/mol. The average Bonchev–Trinajstić information content (AvgIpc) is 2.72. The Morgan fingerprint density at radius 1 is 1.07 bits per heavy atom. The van der Waals surface area contributed by atoms with E-state index in [9.17, 15) is 0 Å². The van der Waals surface area contributed by atoms with Crippen molar-refractivity contribution < 1.29 is 9.47 Å². The molecular formula is C22H42IN3O2. The summed E-state index contributed by atoms with van der Waals surface area (Å²) in [4.78, 5) is 7.46. The number of aliphatic imine (C=N–C) groups is 1. The predicted octanol–water partition coefficient (Wildman–Crippen LogP) is 4.45. The first kappa shape index (κ1) is 24.2. The van der Waals surface area contributed by atoms with Crippen LogP contribution in [0.4, 0.5) is 0 Å². The molecule has 3 unspecified atom stereocenters. The van der Waals surface area contributed by atoms with Crippen LogP contribution in [0.5, 0.6) is 0 Å². The van der Waals surface area contributed by atoms with Gasteiger partial charge in [-0.1, -0.05) is 26.2 Å². The zero-order valence-corrected chi connectivity index (χ0v) is 20.4. The summed E-state index contributed by atoms with van der Waals surface area (Å²) in [6.45, 7) is 10.3. The smallest absolute Gasteiger partial charge is 0.193 e. The molecule has 0 aromatic rings. The minimum absolute atomic E-state index is 0. The molecule has 0 radical (unpaired) electrons. The highest BCUT2D eigenvalue weighted by molar-refractivity contribution is 14.0. The topological polar surface area (TPSA) is 46.1 Å². The Bertz CT molecular complexity index is 449. The van der Waals surface area contributed by atoms with Gasteiger partial charge in [-0.15, -0.1) is 24.0 Å². The maximum absolute atomic E-state index is 6.17. The third-order valence-corrected chi connectivity index (χ3v) is 6.63. The van der Waals surface area contributed by atoms with E-state index in [4.69, 9.17) is 14.5 Å². The van der Waals surface area contributed by atoms with Gasteiger partial charge in [-0.3, -0.25) is 4.99 Å². The van der Waals surface area contributed by atoms with Gasteiger partial charge in [0.2, 0.25) is 0 Å². The maximum Gasteiger partial charge on any atom is 0.193 e. The van der Waals surface area contributed by atoms with E-state index in [2.05, 4.69) is 24.1 Å². The number of hydrogen-bond acceptors (Lipinski definition) is 3. The number of nitrogens with one attached hydrogen (secondary N) is 1. The predicted molar refractivity (Wildman–Crippen MR) is 127 cm³/mol. The highest BCUT2D eigenvalue weighted by Gasteiger charge is 2.25. The zero-order valence-electron chi connectivity index (χ0n) is 18.0. The summed E-state index contributed by atoms with van der Waals surface area (Å²) in [7, 11) is 0. The summed E-state index contributed by atoms with van der Waals surface area (Å²) >= 11 is 0. The lowest BCUT2D eigenvalue weighted by molar-refractivity contribution is -0.0721. The fourth-order valence-electron chi connectivity index (χ4n) is 4.71. The first-order valence-electron chi connectivity index (χ1n) is 11.5. The normalized spacial score (nSPS) is 30.0. The van der Waals surface area contributed by atoms with Gasteiger partial charge in [0.05, 0.1) is 18.8 Å². The molecule has 5 nitrogen and oxygen atoms in total. The van der Waals surface area contributed by atoms with E-state index < -0.39 is 0 Å². The van der Waals surface area contributed by atoms with Crippen LogP contribution in [0.15, 0.2) is 4.99 Å². The number of guanidine groups is 1. The summed E-state index contributed by atoms with van der Waals surface area (Å²) in [5.74, 6) is 2.71. The highest BCUT2D eigenvalue weighted by Crippen LogP contribution is 2.29. The van der Waals surface area contributed by atoms with Crippen LogP contribution in [-0.4, -0.2) is 62.5 Å². The van der Waals surface area contributed by atoms with E-state index in [1.165, 1.54) is 38.5 Å². The molecule has 0 spiro atoms. The number of rotatable bonds is 6. The van der Waals surface area contributed by atoms with E-state index in [-0.39, 0.29) is 24.0 Å². The Hall–Kier alpha value is -0.0800. The summed E-state index contributed by atoms with van der Waals surface area (Å²) in [6, 6.07) is 0. The van der Waals surface area contributed by atoms with Crippen LogP contribution in [-0.2, 0) is 9.47 Å². The number of piperidine rings is 1. The third-order valence-electron chi connectivity index (χ3n) is 6.63. The SMILES string of the molecule is CCNC(=NCC1CCCCC1C)N1CCC(OCC2CCCCO2)CC1.I. The van der Waals surface area contributed by atoms with Gasteiger partial charge < -0.3 is 19.7 Å². The van der Waals surface area contributed by atoms with Gasteiger partial charge in [0, 0.05) is 32.8 Å². The molecule has 2 aliphatic heterocycles. The lowest BCUT2D eigenvalue weighted by atomic mass is 9.80. The second kappa shape index (κ2) is 13.3. The molecule has 0 aromatic heterocycles. The Labute approximate surface area is 189 Å². The van der Waals surface area contributed by atoms with Crippen molar-refractivity contribution in [2.24, 2.45) is 16.8 Å². The van der Waals surface area contributed by atoms with Crippen molar-refractivity contribution in [2.45, 2.75) is 83.8 Å². The molecule has 3 aliphatic rings. The highest BCUT2D eigenvalue weighted by atomic mass is 127. The second-order valence-electron chi connectivity index (χ2n) is 8.72. The molecule has 6 heteroatoms. The molecule has 3 rings (SSSR count). The summed E-state index contributed by atoms with van der Waals surface area (Å²) < 4.78 is 12.0. The zero-order chi connectivity index (χ0) is 18.9. The van der Waals surface area contributed by atoms with Crippen LogP contribution in [0.3, 0.4) is 0 Å². The van der Waals surface area contributed by atoms with Crippen LogP contribution < -0.4 is 5.32 Å². The van der Waals surface area contributed by atoms with Crippen LogP contribution in [0.2, 0.25) is 0 Å². The van der Waals surface area contributed by atoms with Gasteiger partial charge in [-0.2, -0.15) is 0 Å². The number of hydrogen-bond donors (Lipinski definition) is 1. The van der Waals surface area contributed by atoms with E-state index in [1.54, 1.807) is 0 Å². The second-order valence-corrected chi connectivity index (χ2v) is 8.72. The number of ether oxygens (including phenoxy) is 2. The first-order valence-corrected chi connectivity index (χ1v) is 11.5. The molecule has 2 saturated heterocycles. The fraction of sp³-hybridized carbons (Fsp3) is 0.955. The van der Waals surface area contributed by atoms with Crippen molar-refractivity contribution in [1.29, 1.82) is 0 Å². The van der Waals surface area contributed by atoms with Crippen LogP contribution in [0.1, 0.15) is 71.6 Å². The van der Waals surface area contributed by atoms with Gasteiger partial charge in [-0.25, -0.2) is 0 Å². The van der Waals surface area contributed by atoms with E-state index >= 15 is 0 Å². The summed E-state index contributed by atoms with van der Waals surface area (Å²) in [6.07, 6.45) is 12.1. The van der Waals surface area contributed by atoms with Crippen LogP contribution >= 0.6 is 24.0 Å². The molecule has 0 amide bonds. The van der Waals surface area contributed by atoms with Crippen molar-refractivity contribution in [3.63, 3.8) is 0 Å². The number of nitrogens with zero attached hydrogens (tertiary/aromatic N) is 2. The van der Waals surface area contributed by atoms with Crippen molar-refractivity contribution in [2.75, 3.05) is 39.4 Å². The molecule has 28 heavy (non-hydrogen) atoms. The van der Waals surface area contributed by atoms with Crippen LogP contribution in [0, 0.1) is 11.8 Å². The third kappa shape index (κ3) is 7.63. The summed E-state index contributed by atoms with van der Waals surface area (Å²) in [5.41, 5.74) is 0. The molecule has 1 aliphatic carbocycles. The van der Waals surface area contributed by atoms with Gasteiger partial charge >= 0.3 is 0 Å². The average molecular weight is 508 g/mol. The number of halogens is 1. The first-order chi connectivity index (χ1) is 13.3. The van der Waals surface area contributed by atoms with Crippen molar-refractivity contribution in [1.82, 2.24) is 10.2 Å². The molecule has 1 N–H and O–H groups in total. The van der Waals surface area contributed by atoms with Crippen molar-refractivity contribution in [3.8, 4) is 0 Å². The lowest BCUT2D eigenvalue weighted by Gasteiger charge is -2.35. The Kier molecular flexibility index (Phi) is 11.5. The van der Waals surface area contributed by atoms with Crippen LogP contribution in [0.25, 0.3) is 0 Å². The van der Waals surface area contributed by atoms with E-state index in [0.29, 0.717) is 12.2 Å². The Balaban J connectivity index is 0.00000280. The molecule has 2 heterocycles. The quantitative estimate of drug-likeness (QED) is 0.328. The van der Waals surface area contributed by atoms with Crippen molar-refractivity contribution in [3.05, 3.63) is 0 Å². The molecule has 0 aromatic carbocycles. The van der Waals surface area contributed by atoms with Gasteiger partial charge in [0.1, 0.15) is 0 Å². The minimum atomic E-state index is 0. The Morgan fingerprint density at radius 2 is 1.82 bits per heavy atom. The van der Waals surface area contributed by atoms with Gasteiger partial charge in [0.15, 0.2) is 5.96 Å².